The molecule has 0 saturated carbocycles. The summed E-state index contributed by atoms with van der Waals surface area (Å²) in [7, 11) is -2.70. The lowest BCUT2D eigenvalue weighted by molar-refractivity contribution is 0.678. The largest absolute Gasteiger partial charge is 0.335 e. The van der Waals surface area contributed by atoms with Crippen LogP contribution in [0.2, 0.25) is 0 Å². The SMILES string of the molecule is Cc1ccc2c(c1)c1ncccc1n2Cc1ccc(S(C)(=N)=O)cc1C. The van der Waals surface area contributed by atoms with Crippen LogP contribution in [0.4, 0.5) is 0 Å². The van der Waals surface area contributed by atoms with Gasteiger partial charge in [0.05, 0.1) is 26.3 Å². The van der Waals surface area contributed by atoms with Crippen LogP contribution in [0, 0.1) is 18.6 Å². The van der Waals surface area contributed by atoms with E-state index in [1.807, 2.05) is 37.4 Å². The van der Waals surface area contributed by atoms with Crippen molar-refractivity contribution >= 4 is 31.7 Å². The minimum atomic E-state index is -2.70. The van der Waals surface area contributed by atoms with Crippen LogP contribution in [0.5, 0.6) is 0 Å². The van der Waals surface area contributed by atoms with Crippen molar-refractivity contribution < 1.29 is 4.21 Å². The van der Waals surface area contributed by atoms with Crippen LogP contribution in [0.25, 0.3) is 21.9 Å². The second kappa shape index (κ2) is 5.95. The van der Waals surface area contributed by atoms with Crippen LogP contribution in [-0.4, -0.2) is 20.0 Å². The molecule has 1 N–H and O–H groups in total. The minimum absolute atomic E-state index is 0.582. The molecule has 0 bridgehead atoms. The summed E-state index contributed by atoms with van der Waals surface area (Å²) in [5.41, 5.74) is 6.71. The standard InChI is InChI=1S/C21H21N3OS/c1-14-6-9-19-18(11-14)21-20(5-4-10-23-21)24(19)13-16-7-8-17(12-15(16)2)26(3,22)25/h4-12,22H,13H2,1-3H3. The average Bonchev–Trinajstić information content (AvgIpc) is 2.89. The summed E-state index contributed by atoms with van der Waals surface area (Å²) in [6.45, 7) is 4.82. The van der Waals surface area contributed by atoms with Crippen molar-refractivity contribution in [2.45, 2.75) is 25.3 Å². The molecule has 4 rings (SSSR count). The van der Waals surface area contributed by atoms with E-state index in [0.29, 0.717) is 11.4 Å². The molecular formula is C21H21N3OS. The predicted molar refractivity (Wildman–Crippen MR) is 107 cm³/mol. The molecule has 132 valence electrons. The van der Waals surface area contributed by atoms with Gasteiger partial charge >= 0.3 is 0 Å². The van der Waals surface area contributed by atoms with Gasteiger partial charge in [-0.15, -0.1) is 0 Å². The summed E-state index contributed by atoms with van der Waals surface area (Å²) in [4.78, 5) is 5.18. The van der Waals surface area contributed by atoms with E-state index in [-0.39, 0.29) is 0 Å². The molecule has 5 heteroatoms. The molecule has 1 unspecified atom stereocenters. The van der Waals surface area contributed by atoms with E-state index >= 15 is 0 Å². The molecule has 0 aliphatic heterocycles. The molecule has 0 aliphatic rings. The highest BCUT2D eigenvalue weighted by atomic mass is 32.2. The third kappa shape index (κ3) is 2.78. The molecule has 4 aromatic rings. The fourth-order valence-electron chi connectivity index (χ4n) is 3.46. The van der Waals surface area contributed by atoms with Crippen molar-refractivity contribution in [1.82, 2.24) is 9.55 Å². The number of pyridine rings is 1. The Morgan fingerprint density at radius 3 is 2.62 bits per heavy atom. The molecular weight excluding hydrogens is 342 g/mol. The van der Waals surface area contributed by atoms with Gasteiger partial charge in [-0.3, -0.25) is 4.98 Å². The topological polar surface area (TPSA) is 58.7 Å². The lowest BCUT2D eigenvalue weighted by atomic mass is 10.1. The zero-order valence-corrected chi connectivity index (χ0v) is 15.9. The van der Waals surface area contributed by atoms with Crippen LogP contribution in [0.3, 0.4) is 0 Å². The van der Waals surface area contributed by atoms with Gasteiger partial charge in [0, 0.05) is 29.3 Å². The first-order valence-corrected chi connectivity index (χ1v) is 10.5. The fraction of sp³-hybridized carbons (Fsp3) is 0.190. The highest BCUT2D eigenvalue weighted by Gasteiger charge is 2.13. The van der Waals surface area contributed by atoms with E-state index in [4.69, 9.17) is 4.78 Å². The highest BCUT2D eigenvalue weighted by Crippen LogP contribution is 2.29. The second-order valence-electron chi connectivity index (χ2n) is 6.91. The van der Waals surface area contributed by atoms with Crippen LogP contribution in [0.15, 0.2) is 59.6 Å². The summed E-state index contributed by atoms with van der Waals surface area (Å²) in [6, 6.07) is 16.2. The smallest absolute Gasteiger partial charge is 0.0959 e. The van der Waals surface area contributed by atoms with E-state index in [1.165, 1.54) is 11.8 Å². The Balaban J connectivity index is 1.90. The van der Waals surface area contributed by atoms with Crippen molar-refractivity contribution in [2.75, 3.05) is 6.26 Å². The monoisotopic (exact) mass is 363 g/mol. The Morgan fingerprint density at radius 2 is 1.88 bits per heavy atom. The lowest BCUT2D eigenvalue weighted by Crippen LogP contribution is -2.03. The van der Waals surface area contributed by atoms with E-state index in [1.54, 1.807) is 0 Å². The number of benzene rings is 2. The minimum Gasteiger partial charge on any atom is -0.335 e. The summed E-state index contributed by atoms with van der Waals surface area (Å²) in [5.74, 6) is 0. The molecule has 2 aromatic heterocycles. The lowest BCUT2D eigenvalue weighted by Gasteiger charge is -2.12. The van der Waals surface area contributed by atoms with Crippen molar-refractivity contribution in [3.8, 4) is 0 Å². The molecule has 2 aromatic carbocycles. The quantitative estimate of drug-likeness (QED) is 0.563. The van der Waals surface area contributed by atoms with E-state index in [0.717, 1.165) is 33.1 Å². The van der Waals surface area contributed by atoms with Gasteiger partial charge < -0.3 is 4.57 Å². The van der Waals surface area contributed by atoms with Crippen molar-refractivity contribution in [2.24, 2.45) is 0 Å². The summed E-state index contributed by atoms with van der Waals surface area (Å²) < 4.78 is 22.1. The van der Waals surface area contributed by atoms with Crippen molar-refractivity contribution in [3.05, 3.63) is 71.4 Å². The number of aromatic nitrogens is 2. The molecule has 0 amide bonds. The molecule has 2 heterocycles. The Labute approximate surface area is 153 Å². The maximum Gasteiger partial charge on any atom is 0.0959 e. The first-order valence-electron chi connectivity index (χ1n) is 8.51. The summed E-state index contributed by atoms with van der Waals surface area (Å²) in [6.07, 6.45) is 3.29. The molecule has 0 aliphatic carbocycles. The number of hydrogen-bond donors (Lipinski definition) is 1. The number of nitrogens with one attached hydrogen (secondary N) is 1. The van der Waals surface area contributed by atoms with Crippen LogP contribution < -0.4 is 0 Å². The van der Waals surface area contributed by atoms with Crippen LogP contribution in [-0.2, 0) is 16.3 Å². The molecule has 0 radical (unpaired) electrons. The third-order valence-corrected chi connectivity index (χ3v) is 6.02. The van der Waals surface area contributed by atoms with Crippen molar-refractivity contribution in [1.29, 1.82) is 4.78 Å². The molecule has 0 spiro atoms. The molecule has 26 heavy (non-hydrogen) atoms. The van der Waals surface area contributed by atoms with E-state index < -0.39 is 9.73 Å². The second-order valence-corrected chi connectivity index (χ2v) is 9.07. The number of rotatable bonds is 3. The number of hydrogen-bond acceptors (Lipinski definition) is 3. The predicted octanol–water partition coefficient (Wildman–Crippen LogP) is 4.89. The van der Waals surface area contributed by atoms with Gasteiger partial charge in [0.2, 0.25) is 0 Å². The number of aryl methyl sites for hydroxylation is 2. The first kappa shape index (κ1) is 16.8. The van der Waals surface area contributed by atoms with Gasteiger partial charge in [-0.2, -0.15) is 0 Å². The normalized spacial score (nSPS) is 14.0. The Bertz CT molecular complexity index is 1250. The fourth-order valence-corrected chi connectivity index (χ4v) is 4.18. The Kier molecular flexibility index (Phi) is 3.84. The van der Waals surface area contributed by atoms with Gasteiger partial charge in [-0.05, 0) is 61.4 Å². The van der Waals surface area contributed by atoms with Gasteiger partial charge in [0.1, 0.15) is 0 Å². The summed E-state index contributed by atoms with van der Waals surface area (Å²) >= 11 is 0. The molecule has 0 fully saturated rings. The third-order valence-electron chi connectivity index (χ3n) is 4.87. The average molecular weight is 363 g/mol. The zero-order chi connectivity index (χ0) is 18.5. The Hall–Kier alpha value is -2.66. The highest BCUT2D eigenvalue weighted by molar-refractivity contribution is 7.91. The van der Waals surface area contributed by atoms with Gasteiger partial charge in [-0.25, -0.2) is 8.99 Å². The zero-order valence-electron chi connectivity index (χ0n) is 15.1. The van der Waals surface area contributed by atoms with E-state index in [9.17, 15) is 4.21 Å². The maximum absolute atomic E-state index is 12.0. The van der Waals surface area contributed by atoms with Gasteiger partial charge in [0.15, 0.2) is 0 Å². The number of fused-ring (bicyclic) bond motifs is 3. The van der Waals surface area contributed by atoms with Crippen LogP contribution >= 0.6 is 0 Å². The first-order chi connectivity index (χ1) is 12.3. The Morgan fingerprint density at radius 1 is 1.08 bits per heavy atom. The van der Waals surface area contributed by atoms with E-state index in [2.05, 4.69) is 40.7 Å². The van der Waals surface area contributed by atoms with Gasteiger partial charge in [0.25, 0.3) is 0 Å². The van der Waals surface area contributed by atoms with Crippen LogP contribution in [0.1, 0.15) is 16.7 Å². The molecule has 0 saturated heterocycles. The van der Waals surface area contributed by atoms with Gasteiger partial charge in [-0.1, -0.05) is 17.7 Å². The number of nitrogens with zero attached hydrogens (tertiary/aromatic N) is 2. The molecule has 1 atom stereocenters. The van der Waals surface area contributed by atoms with Crippen molar-refractivity contribution in [3.63, 3.8) is 0 Å². The summed E-state index contributed by atoms with van der Waals surface area (Å²) in [5, 5.41) is 1.16. The maximum atomic E-state index is 12.0. The molecule has 4 nitrogen and oxygen atoms in total.